The highest BCUT2D eigenvalue weighted by Crippen LogP contribution is 2.13. The lowest BCUT2D eigenvalue weighted by molar-refractivity contribution is 0.0633. The van der Waals surface area contributed by atoms with Crippen molar-refractivity contribution < 1.29 is 4.79 Å². The van der Waals surface area contributed by atoms with Gasteiger partial charge in [0.2, 0.25) is 0 Å². The van der Waals surface area contributed by atoms with Gasteiger partial charge in [-0.05, 0) is 31.2 Å². The first-order chi connectivity index (χ1) is 11.1. The van der Waals surface area contributed by atoms with Crippen molar-refractivity contribution in [2.24, 2.45) is 0 Å². The van der Waals surface area contributed by atoms with Crippen molar-refractivity contribution in [2.45, 2.75) is 13.5 Å². The number of rotatable bonds is 4. The van der Waals surface area contributed by atoms with E-state index in [2.05, 4.69) is 30.4 Å². The second-order valence-electron chi connectivity index (χ2n) is 5.81. The fraction of sp³-hybridized carbons (Fsp3) is 0.412. The van der Waals surface area contributed by atoms with E-state index >= 15 is 0 Å². The average Bonchev–Trinajstić information content (AvgIpc) is 2.99. The predicted octanol–water partition coefficient (Wildman–Crippen LogP) is 2.41. The Balaban J connectivity index is 1.49. The third-order valence-corrected chi connectivity index (χ3v) is 4.86. The Hall–Kier alpha value is -1.66. The first-order valence-corrected chi connectivity index (χ1v) is 8.68. The number of carbonyl (C=O) groups is 1. The van der Waals surface area contributed by atoms with Crippen LogP contribution in [0.1, 0.15) is 16.2 Å². The molecular weight excluding hydrogens is 356 g/mol. The fourth-order valence-corrected chi connectivity index (χ4v) is 3.10. The summed E-state index contributed by atoms with van der Waals surface area (Å²) in [7, 11) is 0. The zero-order valence-electron chi connectivity index (χ0n) is 13.3. The first-order valence-electron chi connectivity index (χ1n) is 7.88. The van der Waals surface area contributed by atoms with E-state index < -0.39 is 0 Å². The monoisotopic (exact) mass is 376 g/mol. The van der Waals surface area contributed by atoms with E-state index in [1.807, 2.05) is 48.5 Å². The Morgan fingerprint density at radius 3 is 2.43 bits per heavy atom. The molecule has 0 saturated carbocycles. The van der Waals surface area contributed by atoms with Gasteiger partial charge >= 0.3 is 0 Å². The smallest absolute Gasteiger partial charge is 0.253 e. The maximum Gasteiger partial charge on any atom is 0.253 e. The molecular formula is C17H21BrN4O. The fourth-order valence-electron chi connectivity index (χ4n) is 2.84. The van der Waals surface area contributed by atoms with E-state index in [0.29, 0.717) is 0 Å². The lowest BCUT2D eigenvalue weighted by atomic mass is 10.2. The molecule has 1 aromatic carbocycles. The van der Waals surface area contributed by atoms with Crippen LogP contribution in [0.25, 0.3) is 0 Å². The number of halogens is 1. The molecule has 1 aliphatic heterocycles. The summed E-state index contributed by atoms with van der Waals surface area (Å²) in [6.07, 6.45) is 3.85. The number of amides is 1. The molecule has 122 valence electrons. The van der Waals surface area contributed by atoms with Crippen molar-refractivity contribution in [1.29, 1.82) is 0 Å². The minimum Gasteiger partial charge on any atom is -0.336 e. The van der Waals surface area contributed by atoms with Crippen LogP contribution in [-0.2, 0) is 6.54 Å². The van der Waals surface area contributed by atoms with Gasteiger partial charge in [0, 0.05) is 61.7 Å². The number of nitrogens with zero attached hydrogens (tertiary/aromatic N) is 4. The minimum absolute atomic E-state index is 0.127. The molecule has 0 N–H and O–H groups in total. The van der Waals surface area contributed by atoms with E-state index in [0.717, 1.165) is 55.1 Å². The van der Waals surface area contributed by atoms with E-state index in [-0.39, 0.29) is 5.91 Å². The van der Waals surface area contributed by atoms with Crippen molar-refractivity contribution in [1.82, 2.24) is 19.4 Å². The molecule has 1 amide bonds. The molecule has 0 aliphatic carbocycles. The largest absolute Gasteiger partial charge is 0.336 e. The van der Waals surface area contributed by atoms with Crippen LogP contribution < -0.4 is 0 Å². The third-order valence-electron chi connectivity index (χ3n) is 4.33. The van der Waals surface area contributed by atoms with Crippen molar-refractivity contribution in [3.05, 3.63) is 52.5 Å². The summed E-state index contributed by atoms with van der Waals surface area (Å²) in [5.74, 6) is 1.18. The van der Waals surface area contributed by atoms with E-state index in [1.165, 1.54) is 0 Å². The van der Waals surface area contributed by atoms with Gasteiger partial charge in [-0.15, -0.1) is 0 Å². The Labute approximate surface area is 145 Å². The van der Waals surface area contributed by atoms with Crippen LogP contribution in [0.2, 0.25) is 0 Å². The van der Waals surface area contributed by atoms with Crippen LogP contribution in [0.5, 0.6) is 0 Å². The molecule has 0 radical (unpaired) electrons. The number of hydrogen-bond acceptors (Lipinski definition) is 3. The standard InChI is InChI=1S/C17H21BrN4O/c1-14-19-6-7-21(14)11-8-20-9-12-22(13-10-20)17(23)15-2-4-16(18)5-3-15/h2-7H,8-13H2,1H3. The van der Waals surface area contributed by atoms with Crippen LogP contribution in [0, 0.1) is 6.92 Å². The molecule has 0 bridgehead atoms. The zero-order chi connectivity index (χ0) is 16.2. The van der Waals surface area contributed by atoms with Gasteiger partial charge in [-0.3, -0.25) is 9.69 Å². The van der Waals surface area contributed by atoms with Crippen molar-refractivity contribution >= 4 is 21.8 Å². The molecule has 1 saturated heterocycles. The molecule has 2 aromatic rings. The SMILES string of the molecule is Cc1nccn1CCN1CCN(C(=O)c2ccc(Br)cc2)CC1. The minimum atomic E-state index is 0.127. The molecule has 2 heterocycles. The third kappa shape index (κ3) is 4.00. The second kappa shape index (κ2) is 7.27. The highest BCUT2D eigenvalue weighted by molar-refractivity contribution is 9.10. The number of hydrogen-bond donors (Lipinski definition) is 0. The molecule has 1 aromatic heterocycles. The summed E-state index contributed by atoms with van der Waals surface area (Å²) in [6.45, 7) is 7.40. The Morgan fingerprint density at radius 1 is 1.13 bits per heavy atom. The van der Waals surface area contributed by atoms with Crippen molar-refractivity contribution in [3.8, 4) is 0 Å². The number of carbonyl (C=O) groups excluding carboxylic acids is 1. The lowest BCUT2D eigenvalue weighted by Crippen LogP contribution is -2.49. The quantitative estimate of drug-likeness (QED) is 0.822. The number of piperazine rings is 1. The normalized spacial score (nSPS) is 15.8. The van der Waals surface area contributed by atoms with Gasteiger partial charge in [0.25, 0.3) is 5.91 Å². The van der Waals surface area contributed by atoms with Crippen molar-refractivity contribution in [3.63, 3.8) is 0 Å². The molecule has 0 atom stereocenters. The molecule has 3 rings (SSSR count). The molecule has 0 spiro atoms. The van der Waals surface area contributed by atoms with E-state index in [9.17, 15) is 4.79 Å². The highest BCUT2D eigenvalue weighted by atomic mass is 79.9. The summed E-state index contributed by atoms with van der Waals surface area (Å²) < 4.78 is 3.16. The average molecular weight is 377 g/mol. The molecule has 1 fully saturated rings. The molecule has 5 nitrogen and oxygen atoms in total. The number of aryl methyl sites for hydroxylation is 1. The summed E-state index contributed by atoms with van der Waals surface area (Å²) in [5.41, 5.74) is 0.760. The van der Waals surface area contributed by atoms with E-state index in [1.54, 1.807) is 0 Å². The highest BCUT2D eigenvalue weighted by Gasteiger charge is 2.21. The Kier molecular flexibility index (Phi) is 5.13. The summed E-state index contributed by atoms with van der Waals surface area (Å²) in [6, 6.07) is 7.58. The van der Waals surface area contributed by atoms with Crippen LogP contribution in [-0.4, -0.2) is 58.0 Å². The maximum absolute atomic E-state index is 12.5. The van der Waals surface area contributed by atoms with Gasteiger partial charge in [0.05, 0.1) is 0 Å². The van der Waals surface area contributed by atoms with Gasteiger partial charge in [-0.2, -0.15) is 0 Å². The summed E-state index contributed by atoms with van der Waals surface area (Å²) in [5, 5.41) is 0. The van der Waals surface area contributed by atoms with Gasteiger partial charge in [0.1, 0.15) is 5.82 Å². The first kappa shape index (κ1) is 16.2. The van der Waals surface area contributed by atoms with Gasteiger partial charge in [-0.1, -0.05) is 15.9 Å². The molecule has 23 heavy (non-hydrogen) atoms. The Morgan fingerprint density at radius 2 is 1.83 bits per heavy atom. The lowest BCUT2D eigenvalue weighted by Gasteiger charge is -2.34. The Bertz CT molecular complexity index is 659. The van der Waals surface area contributed by atoms with Crippen LogP contribution >= 0.6 is 15.9 Å². The topological polar surface area (TPSA) is 41.4 Å². The zero-order valence-corrected chi connectivity index (χ0v) is 14.9. The maximum atomic E-state index is 12.5. The van der Waals surface area contributed by atoms with Gasteiger partial charge < -0.3 is 9.47 Å². The van der Waals surface area contributed by atoms with Gasteiger partial charge in [0.15, 0.2) is 0 Å². The van der Waals surface area contributed by atoms with E-state index in [4.69, 9.17) is 0 Å². The molecule has 0 unspecified atom stereocenters. The number of benzene rings is 1. The van der Waals surface area contributed by atoms with Crippen LogP contribution in [0.3, 0.4) is 0 Å². The van der Waals surface area contributed by atoms with Crippen LogP contribution in [0.15, 0.2) is 41.1 Å². The second-order valence-corrected chi connectivity index (χ2v) is 6.72. The summed E-state index contributed by atoms with van der Waals surface area (Å²) >= 11 is 3.40. The number of aromatic nitrogens is 2. The van der Waals surface area contributed by atoms with Crippen molar-refractivity contribution in [2.75, 3.05) is 32.7 Å². The van der Waals surface area contributed by atoms with Crippen LogP contribution in [0.4, 0.5) is 0 Å². The summed E-state index contributed by atoms with van der Waals surface area (Å²) in [4.78, 5) is 21.1. The molecule has 1 aliphatic rings. The van der Waals surface area contributed by atoms with Gasteiger partial charge in [-0.25, -0.2) is 4.98 Å². The predicted molar refractivity (Wildman–Crippen MR) is 93.4 cm³/mol. The number of imidazole rings is 1. The molecule has 6 heteroatoms.